The van der Waals surface area contributed by atoms with Gasteiger partial charge in [-0.1, -0.05) is 0 Å². The van der Waals surface area contributed by atoms with Crippen LogP contribution in [0.1, 0.15) is 23.2 Å². The van der Waals surface area contributed by atoms with E-state index in [0.29, 0.717) is 5.75 Å². The van der Waals surface area contributed by atoms with E-state index in [4.69, 9.17) is 9.15 Å². The second-order valence-electron chi connectivity index (χ2n) is 4.90. The standard InChI is InChI=1S/C15H11NO7/c1-22-7-2-3-8-9(6-7)23-15(21)12(14(19)20)13(8)16-10(17)4-5-11(16)18/h2-3,6H,4-5H2,1H3,(H,19,20). The molecule has 1 fully saturated rings. The SMILES string of the molecule is COc1ccc2c(N3C(=O)CCC3=O)c(C(=O)O)c(=O)oc2c1. The number of ether oxygens (including phenoxy) is 1. The number of hydrogen-bond donors (Lipinski definition) is 1. The van der Waals surface area contributed by atoms with Crippen LogP contribution in [0.2, 0.25) is 0 Å². The molecule has 2 aromatic rings. The van der Waals surface area contributed by atoms with Crippen molar-refractivity contribution < 1.29 is 28.6 Å². The fourth-order valence-corrected chi connectivity index (χ4v) is 2.54. The molecule has 0 radical (unpaired) electrons. The van der Waals surface area contributed by atoms with Gasteiger partial charge in [0.15, 0.2) is 5.56 Å². The number of carboxylic acid groups (broad SMARTS) is 1. The Hall–Kier alpha value is -3.16. The van der Waals surface area contributed by atoms with Crippen molar-refractivity contribution >= 4 is 34.4 Å². The molecule has 1 N–H and O–H groups in total. The van der Waals surface area contributed by atoms with E-state index >= 15 is 0 Å². The lowest BCUT2D eigenvalue weighted by molar-refractivity contribution is -0.121. The molecule has 0 saturated carbocycles. The van der Waals surface area contributed by atoms with Crippen molar-refractivity contribution in [3.05, 3.63) is 34.2 Å². The molecule has 3 rings (SSSR count). The second kappa shape index (κ2) is 5.24. The first-order valence-corrected chi connectivity index (χ1v) is 6.68. The zero-order valence-corrected chi connectivity index (χ0v) is 12.0. The number of fused-ring (bicyclic) bond motifs is 1. The Labute approximate surface area is 128 Å². The van der Waals surface area contributed by atoms with Crippen molar-refractivity contribution in [2.24, 2.45) is 0 Å². The number of benzene rings is 1. The van der Waals surface area contributed by atoms with Gasteiger partial charge in [0.05, 0.1) is 12.8 Å². The molecule has 1 aromatic carbocycles. The molecule has 0 aliphatic carbocycles. The van der Waals surface area contributed by atoms with Gasteiger partial charge in [-0.05, 0) is 12.1 Å². The molecule has 1 aliphatic heterocycles. The Morgan fingerprint density at radius 3 is 2.43 bits per heavy atom. The molecular formula is C15H11NO7. The van der Waals surface area contributed by atoms with E-state index in [-0.39, 0.29) is 29.5 Å². The van der Waals surface area contributed by atoms with E-state index < -0.39 is 29.0 Å². The minimum atomic E-state index is -1.57. The molecular weight excluding hydrogens is 306 g/mol. The number of imide groups is 1. The smallest absolute Gasteiger partial charge is 0.353 e. The molecule has 8 heteroatoms. The molecule has 1 aromatic heterocycles. The Kier molecular flexibility index (Phi) is 3.36. The van der Waals surface area contributed by atoms with Crippen molar-refractivity contribution in [1.29, 1.82) is 0 Å². The maximum atomic E-state index is 12.0. The van der Waals surface area contributed by atoms with Crippen LogP contribution in [0.3, 0.4) is 0 Å². The average Bonchev–Trinajstić information content (AvgIpc) is 2.83. The summed E-state index contributed by atoms with van der Waals surface area (Å²) in [5.74, 6) is -2.30. The largest absolute Gasteiger partial charge is 0.497 e. The number of hydrogen-bond acceptors (Lipinski definition) is 6. The van der Waals surface area contributed by atoms with Crippen LogP contribution >= 0.6 is 0 Å². The van der Waals surface area contributed by atoms with Gasteiger partial charge in [0.25, 0.3) is 0 Å². The summed E-state index contributed by atoms with van der Waals surface area (Å²) in [5, 5.41) is 9.48. The summed E-state index contributed by atoms with van der Waals surface area (Å²) in [4.78, 5) is 48.2. The Morgan fingerprint density at radius 1 is 1.22 bits per heavy atom. The third kappa shape index (κ3) is 2.24. The van der Waals surface area contributed by atoms with E-state index in [1.165, 1.54) is 25.3 Å². The Morgan fingerprint density at radius 2 is 1.87 bits per heavy atom. The number of carboxylic acids is 1. The van der Waals surface area contributed by atoms with Crippen LogP contribution in [-0.4, -0.2) is 30.0 Å². The van der Waals surface area contributed by atoms with Crippen molar-refractivity contribution in [3.8, 4) is 5.75 Å². The second-order valence-corrected chi connectivity index (χ2v) is 4.90. The maximum Gasteiger partial charge on any atom is 0.353 e. The van der Waals surface area contributed by atoms with E-state index in [0.717, 1.165) is 4.90 Å². The molecule has 118 valence electrons. The third-order valence-electron chi connectivity index (χ3n) is 3.58. The highest BCUT2D eigenvalue weighted by atomic mass is 16.5. The van der Waals surface area contributed by atoms with E-state index in [1.807, 2.05) is 0 Å². The molecule has 0 atom stereocenters. The predicted molar refractivity (Wildman–Crippen MR) is 77.7 cm³/mol. The van der Waals surface area contributed by atoms with E-state index in [1.54, 1.807) is 0 Å². The van der Waals surface area contributed by atoms with Crippen molar-refractivity contribution in [2.75, 3.05) is 12.0 Å². The number of nitrogens with zero attached hydrogens (tertiary/aromatic N) is 1. The number of carbonyl (C=O) groups excluding carboxylic acids is 2. The normalized spacial score (nSPS) is 14.6. The van der Waals surface area contributed by atoms with E-state index in [9.17, 15) is 24.3 Å². The highest BCUT2D eigenvalue weighted by Crippen LogP contribution is 2.34. The first kappa shape index (κ1) is 14.8. The lowest BCUT2D eigenvalue weighted by atomic mass is 10.1. The Bertz CT molecular complexity index is 896. The molecule has 23 heavy (non-hydrogen) atoms. The fraction of sp³-hybridized carbons (Fsp3) is 0.200. The molecule has 1 aliphatic rings. The van der Waals surface area contributed by atoms with Gasteiger partial charge in [0.2, 0.25) is 11.8 Å². The summed E-state index contributed by atoms with van der Waals surface area (Å²) in [6.07, 6.45) is -0.0640. The number of carbonyl (C=O) groups is 3. The van der Waals surface area contributed by atoms with Gasteiger partial charge in [0, 0.05) is 24.3 Å². The quantitative estimate of drug-likeness (QED) is 0.667. The lowest BCUT2D eigenvalue weighted by Crippen LogP contribution is -2.32. The van der Waals surface area contributed by atoms with Crippen LogP contribution in [0.15, 0.2) is 27.4 Å². The van der Waals surface area contributed by atoms with Crippen LogP contribution in [0.25, 0.3) is 11.0 Å². The minimum absolute atomic E-state index is 0.0295. The number of anilines is 1. The number of aromatic carboxylic acids is 1. The fourth-order valence-electron chi connectivity index (χ4n) is 2.54. The third-order valence-corrected chi connectivity index (χ3v) is 3.58. The summed E-state index contributed by atoms with van der Waals surface area (Å²) >= 11 is 0. The van der Waals surface area contributed by atoms with Crippen LogP contribution in [0.4, 0.5) is 5.69 Å². The van der Waals surface area contributed by atoms with Crippen LogP contribution in [0, 0.1) is 0 Å². The lowest BCUT2D eigenvalue weighted by Gasteiger charge is -2.18. The van der Waals surface area contributed by atoms with Crippen molar-refractivity contribution in [2.45, 2.75) is 12.8 Å². The molecule has 0 spiro atoms. The average molecular weight is 317 g/mol. The van der Waals surface area contributed by atoms with Gasteiger partial charge in [-0.3, -0.25) is 9.59 Å². The van der Waals surface area contributed by atoms with Gasteiger partial charge in [0.1, 0.15) is 11.3 Å². The summed E-state index contributed by atoms with van der Waals surface area (Å²) in [7, 11) is 1.42. The Balaban J connectivity index is 2.42. The van der Waals surface area contributed by atoms with Gasteiger partial charge in [-0.15, -0.1) is 0 Å². The number of methoxy groups -OCH3 is 1. The summed E-state index contributed by atoms with van der Waals surface area (Å²) in [6.45, 7) is 0. The topological polar surface area (TPSA) is 114 Å². The van der Waals surface area contributed by atoms with Gasteiger partial charge < -0.3 is 14.3 Å². The minimum Gasteiger partial charge on any atom is -0.497 e. The predicted octanol–water partition coefficient (Wildman–Crippen LogP) is 1.15. The van der Waals surface area contributed by atoms with Gasteiger partial charge in [-0.2, -0.15) is 0 Å². The highest BCUT2D eigenvalue weighted by Gasteiger charge is 2.36. The zero-order chi connectivity index (χ0) is 16.7. The van der Waals surface area contributed by atoms with Crippen LogP contribution in [0.5, 0.6) is 5.75 Å². The molecule has 2 heterocycles. The number of rotatable bonds is 3. The highest BCUT2D eigenvalue weighted by molar-refractivity contribution is 6.25. The van der Waals surface area contributed by atoms with Gasteiger partial charge >= 0.3 is 11.6 Å². The maximum absolute atomic E-state index is 12.0. The monoisotopic (exact) mass is 317 g/mol. The first-order chi connectivity index (χ1) is 10.9. The summed E-state index contributed by atoms with van der Waals surface area (Å²) in [5.41, 5.74) is -2.10. The molecule has 8 nitrogen and oxygen atoms in total. The molecule has 1 saturated heterocycles. The zero-order valence-electron chi connectivity index (χ0n) is 12.0. The van der Waals surface area contributed by atoms with Crippen molar-refractivity contribution in [3.63, 3.8) is 0 Å². The number of amides is 2. The van der Waals surface area contributed by atoms with Crippen molar-refractivity contribution in [1.82, 2.24) is 0 Å². The summed E-state index contributed by atoms with van der Waals surface area (Å²) in [6, 6.07) is 4.34. The summed E-state index contributed by atoms with van der Waals surface area (Å²) < 4.78 is 10.0. The molecule has 0 unspecified atom stereocenters. The van der Waals surface area contributed by atoms with Gasteiger partial charge in [-0.25, -0.2) is 14.5 Å². The first-order valence-electron chi connectivity index (χ1n) is 6.68. The van der Waals surface area contributed by atoms with E-state index in [2.05, 4.69) is 0 Å². The molecule has 2 amide bonds. The molecule has 0 bridgehead atoms. The van der Waals surface area contributed by atoms with Crippen LogP contribution < -0.4 is 15.3 Å². The van der Waals surface area contributed by atoms with Crippen LogP contribution in [-0.2, 0) is 9.59 Å².